The number of methoxy groups -OCH3 is 1. The first-order valence-corrected chi connectivity index (χ1v) is 6.74. The molecule has 1 unspecified atom stereocenters. The minimum atomic E-state index is -0.783. The monoisotopic (exact) mass is 294 g/mol. The Kier molecular flexibility index (Phi) is 6.68. The van der Waals surface area contributed by atoms with Gasteiger partial charge in [-0.15, -0.1) is 0 Å². The Morgan fingerprint density at radius 2 is 2.14 bits per heavy atom. The maximum Gasteiger partial charge on any atom is 0.224 e. The zero-order chi connectivity index (χ0) is 15.8. The van der Waals surface area contributed by atoms with E-state index in [1.807, 2.05) is 0 Å². The lowest BCUT2D eigenvalue weighted by atomic mass is 10.1. The van der Waals surface area contributed by atoms with E-state index in [-0.39, 0.29) is 24.8 Å². The van der Waals surface area contributed by atoms with Crippen molar-refractivity contribution in [2.24, 2.45) is 0 Å². The van der Waals surface area contributed by atoms with Crippen molar-refractivity contribution in [3.05, 3.63) is 29.8 Å². The highest BCUT2D eigenvalue weighted by atomic mass is 16.5. The van der Waals surface area contributed by atoms with Crippen LogP contribution in [0.5, 0.6) is 5.75 Å². The molecule has 1 rings (SSSR count). The molecule has 0 radical (unpaired) electrons. The number of aliphatic hydroxyl groups excluding tert-OH is 1. The quantitative estimate of drug-likeness (QED) is 0.776. The summed E-state index contributed by atoms with van der Waals surface area (Å²) in [6.45, 7) is 1.89. The van der Waals surface area contributed by atoms with Gasteiger partial charge in [0.25, 0.3) is 0 Å². The molecule has 0 heterocycles. The molecule has 0 aliphatic rings. The number of aliphatic hydroxyl groups is 1. The van der Waals surface area contributed by atoms with Gasteiger partial charge in [-0.25, -0.2) is 0 Å². The van der Waals surface area contributed by atoms with E-state index in [0.717, 1.165) is 0 Å². The fourth-order valence-electron chi connectivity index (χ4n) is 1.85. The summed E-state index contributed by atoms with van der Waals surface area (Å²) in [6.07, 6.45) is -0.573. The third-order valence-electron chi connectivity index (χ3n) is 3.06. The molecule has 0 saturated carbocycles. The van der Waals surface area contributed by atoms with E-state index >= 15 is 0 Å². The Hall–Kier alpha value is -2.08. The van der Waals surface area contributed by atoms with Crippen LogP contribution in [0, 0.1) is 0 Å². The number of carbonyl (C=O) groups is 2. The van der Waals surface area contributed by atoms with Gasteiger partial charge in [0.05, 0.1) is 19.8 Å². The van der Waals surface area contributed by atoms with E-state index in [1.165, 1.54) is 11.8 Å². The predicted molar refractivity (Wildman–Crippen MR) is 78.9 cm³/mol. The summed E-state index contributed by atoms with van der Waals surface area (Å²) in [5, 5.41) is 12.7. The maximum absolute atomic E-state index is 11.9. The summed E-state index contributed by atoms with van der Waals surface area (Å²) in [5.74, 6) is 0.360. The molecule has 0 aliphatic carbocycles. The van der Waals surface area contributed by atoms with Crippen LogP contribution in [0.3, 0.4) is 0 Å². The first kappa shape index (κ1) is 17.0. The topological polar surface area (TPSA) is 78.9 Å². The van der Waals surface area contributed by atoms with Crippen molar-refractivity contribution in [3.8, 4) is 5.75 Å². The van der Waals surface area contributed by atoms with Crippen molar-refractivity contribution >= 4 is 11.8 Å². The molecule has 0 spiro atoms. The third kappa shape index (κ3) is 5.83. The molecule has 0 saturated heterocycles. The molecular weight excluding hydrogens is 272 g/mol. The lowest BCUT2D eigenvalue weighted by molar-refractivity contribution is -0.131. The lowest BCUT2D eigenvalue weighted by Crippen LogP contribution is -2.34. The van der Waals surface area contributed by atoms with Crippen LogP contribution in [0.2, 0.25) is 0 Å². The van der Waals surface area contributed by atoms with Crippen LogP contribution in [0.1, 0.15) is 25.0 Å². The Balaban J connectivity index is 2.50. The lowest BCUT2D eigenvalue weighted by Gasteiger charge is -2.21. The Labute approximate surface area is 124 Å². The number of amides is 2. The molecule has 0 aliphatic heterocycles. The number of hydrogen-bond donors (Lipinski definition) is 2. The molecule has 2 amide bonds. The second kappa shape index (κ2) is 8.26. The van der Waals surface area contributed by atoms with Crippen molar-refractivity contribution in [1.82, 2.24) is 10.2 Å². The van der Waals surface area contributed by atoms with Crippen LogP contribution in [-0.4, -0.2) is 49.1 Å². The van der Waals surface area contributed by atoms with Crippen LogP contribution < -0.4 is 10.1 Å². The summed E-state index contributed by atoms with van der Waals surface area (Å²) >= 11 is 0. The number of nitrogens with one attached hydrogen (secondary N) is 1. The Bertz CT molecular complexity index is 490. The Morgan fingerprint density at radius 1 is 1.43 bits per heavy atom. The summed E-state index contributed by atoms with van der Waals surface area (Å²) in [6, 6.07) is 7.09. The second-order valence-corrected chi connectivity index (χ2v) is 4.80. The van der Waals surface area contributed by atoms with Gasteiger partial charge in [0, 0.05) is 26.9 Å². The molecule has 1 atom stereocenters. The average Bonchev–Trinajstić information content (AvgIpc) is 2.46. The van der Waals surface area contributed by atoms with E-state index in [4.69, 9.17) is 4.74 Å². The van der Waals surface area contributed by atoms with Crippen LogP contribution >= 0.6 is 0 Å². The van der Waals surface area contributed by atoms with Gasteiger partial charge in [0.2, 0.25) is 11.8 Å². The van der Waals surface area contributed by atoms with E-state index in [2.05, 4.69) is 5.32 Å². The zero-order valence-corrected chi connectivity index (χ0v) is 12.6. The maximum atomic E-state index is 11.9. The first-order chi connectivity index (χ1) is 9.93. The Morgan fingerprint density at radius 3 is 2.76 bits per heavy atom. The highest BCUT2D eigenvalue weighted by Gasteiger charge is 2.15. The highest BCUT2D eigenvalue weighted by Crippen LogP contribution is 2.19. The zero-order valence-electron chi connectivity index (χ0n) is 12.6. The van der Waals surface area contributed by atoms with Crippen LogP contribution in [-0.2, 0) is 9.59 Å². The molecule has 116 valence electrons. The van der Waals surface area contributed by atoms with Crippen molar-refractivity contribution in [2.75, 3.05) is 27.2 Å². The van der Waals surface area contributed by atoms with E-state index < -0.39 is 6.10 Å². The van der Waals surface area contributed by atoms with Gasteiger partial charge in [-0.1, -0.05) is 12.1 Å². The number of nitrogens with zero attached hydrogens (tertiary/aromatic N) is 1. The van der Waals surface area contributed by atoms with Crippen LogP contribution in [0.4, 0.5) is 0 Å². The molecule has 0 fully saturated rings. The van der Waals surface area contributed by atoms with Gasteiger partial charge in [-0.2, -0.15) is 0 Å². The van der Waals surface area contributed by atoms with E-state index in [1.54, 1.807) is 38.4 Å². The van der Waals surface area contributed by atoms with Crippen molar-refractivity contribution in [2.45, 2.75) is 19.4 Å². The molecule has 6 nitrogen and oxygen atoms in total. The minimum absolute atomic E-state index is 0.134. The molecule has 1 aromatic rings. The predicted octanol–water partition coefficient (Wildman–Crippen LogP) is 0.713. The summed E-state index contributed by atoms with van der Waals surface area (Å²) in [7, 11) is 3.18. The van der Waals surface area contributed by atoms with Gasteiger partial charge in [0.1, 0.15) is 5.75 Å². The smallest absolute Gasteiger partial charge is 0.224 e. The standard InChI is InChI=1S/C15H22N2O4/c1-11(18)16-8-7-15(20)17(2)10-14(19)12-5-4-6-13(9-12)21-3/h4-6,9,14,19H,7-8,10H2,1-3H3,(H,16,18). The largest absolute Gasteiger partial charge is 0.497 e. The van der Waals surface area contributed by atoms with Gasteiger partial charge < -0.3 is 20.1 Å². The summed E-state index contributed by atoms with van der Waals surface area (Å²) in [5.41, 5.74) is 0.691. The molecule has 2 N–H and O–H groups in total. The SMILES string of the molecule is COc1cccc(C(O)CN(C)C(=O)CCNC(C)=O)c1. The van der Waals surface area contributed by atoms with Crippen molar-refractivity contribution in [3.63, 3.8) is 0 Å². The summed E-state index contributed by atoms with van der Waals surface area (Å²) < 4.78 is 5.10. The van der Waals surface area contributed by atoms with Crippen LogP contribution in [0.15, 0.2) is 24.3 Å². The van der Waals surface area contributed by atoms with Gasteiger partial charge >= 0.3 is 0 Å². The van der Waals surface area contributed by atoms with Crippen LogP contribution in [0.25, 0.3) is 0 Å². The highest BCUT2D eigenvalue weighted by molar-refractivity contribution is 5.77. The summed E-state index contributed by atoms with van der Waals surface area (Å²) in [4.78, 5) is 24.0. The molecule has 6 heteroatoms. The van der Waals surface area contributed by atoms with E-state index in [0.29, 0.717) is 17.9 Å². The molecular formula is C15H22N2O4. The fraction of sp³-hybridized carbons (Fsp3) is 0.467. The molecule has 0 bridgehead atoms. The van der Waals surface area contributed by atoms with Crippen molar-refractivity contribution < 1.29 is 19.4 Å². The number of benzene rings is 1. The van der Waals surface area contributed by atoms with Gasteiger partial charge in [-0.05, 0) is 17.7 Å². The molecule has 0 aromatic heterocycles. The molecule has 21 heavy (non-hydrogen) atoms. The number of rotatable bonds is 7. The number of ether oxygens (including phenoxy) is 1. The fourth-order valence-corrected chi connectivity index (χ4v) is 1.85. The molecule has 1 aromatic carbocycles. The normalized spacial score (nSPS) is 11.6. The van der Waals surface area contributed by atoms with Gasteiger partial charge in [-0.3, -0.25) is 9.59 Å². The second-order valence-electron chi connectivity index (χ2n) is 4.80. The minimum Gasteiger partial charge on any atom is -0.497 e. The average molecular weight is 294 g/mol. The number of likely N-dealkylation sites (N-methyl/N-ethyl adjacent to an activating group) is 1. The van der Waals surface area contributed by atoms with Crippen molar-refractivity contribution in [1.29, 1.82) is 0 Å². The third-order valence-corrected chi connectivity index (χ3v) is 3.06. The number of hydrogen-bond acceptors (Lipinski definition) is 4. The number of carbonyl (C=O) groups excluding carboxylic acids is 2. The van der Waals surface area contributed by atoms with E-state index in [9.17, 15) is 14.7 Å². The first-order valence-electron chi connectivity index (χ1n) is 6.74. The van der Waals surface area contributed by atoms with Gasteiger partial charge in [0.15, 0.2) is 0 Å².